The van der Waals surface area contributed by atoms with E-state index in [1.54, 1.807) is 17.0 Å². The summed E-state index contributed by atoms with van der Waals surface area (Å²) in [5.74, 6) is -0.973. The van der Waals surface area contributed by atoms with Crippen molar-refractivity contribution in [2.45, 2.75) is 25.6 Å². The van der Waals surface area contributed by atoms with Gasteiger partial charge in [-0.05, 0) is 36.8 Å². The number of likely N-dealkylation sites (tertiary alicyclic amines) is 1. The highest BCUT2D eigenvalue weighted by Crippen LogP contribution is 2.31. The Labute approximate surface area is 163 Å². The number of nitrogens with zero attached hydrogens (tertiary/aromatic N) is 2. The van der Waals surface area contributed by atoms with Crippen LogP contribution < -0.4 is 5.32 Å². The van der Waals surface area contributed by atoms with E-state index in [-0.39, 0.29) is 17.5 Å². The fraction of sp³-hybridized carbons (Fsp3) is 0.381. The summed E-state index contributed by atoms with van der Waals surface area (Å²) in [5, 5.41) is 2.82. The number of aromatic nitrogens is 1. The molecule has 4 rings (SSSR count). The second kappa shape index (κ2) is 7.69. The minimum absolute atomic E-state index is 0.111. The molecule has 2 aromatic rings. The molecule has 2 fully saturated rings. The van der Waals surface area contributed by atoms with Gasteiger partial charge in [0.2, 0.25) is 0 Å². The van der Waals surface area contributed by atoms with Gasteiger partial charge in [0, 0.05) is 43.4 Å². The minimum Gasteiger partial charge on any atom is -0.347 e. The molecule has 2 aliphatic rings. The van der Waals surface area contributed by atoms with E-state index < -0.39 is 5.79 Å². The number of pyridine rings is 1. The average Bonchev–Trinajstić information content (AvgIpc) is 3.16. The zero-order valence-electron chi connectivity index (χ0n) is 15.8. The maximum atomic E-state index is 12.9. The van der Waals surface area contributed by atoms with Crippen LogP contribution in [0.3, 0.4) is 0 Å². The molecular weight excluding hydrogens is 358 g/mol. The molecule has 0 saturated carbocycles. The number of carbonyl (C=O) groups is 2. The Balaban J connectivity index is 1.43. The Morgan fingerprint density at radius 2 is 1.86 bits per heavy atom. The number of piperidine rings is 1. The Kier molecular flexibility index (Phi) is 5.11. The van der Waals surface area contributed by atoms with Gasteiger partial charge < -0.3 is 19.7 Å². The Bertz CT molecular complexity index is 883. The van der Waals surface area contributed by atoms with Gasteiger partial charge >= 0.3 is 0 Å². The Hall–Kier alpha value is -2.77. The van der Waals surface area contributed by atoms with E-state index in [9.17, 15) is 9.59 Å². The SMILES string of the molecule is Cc1cccc(NC(=O)c2cc(C(=O)N3CCC4(CC3)OCCO4)ccn2)c1. The number of amides is 2. The normalized spacial score (nSPS) is 18.2. The summed E-state index contributed by atoms with van der Waals surface area (Å²) in [6.07, 6.45) is 2.81. The number of aryl methyl sites for hydroxylation is 1. The smallest absolute Gasteiger partial charge is 0.274 e. The number of rotatable bonds is 3. The third-order valence-corrected chi connectivity index (χ3v) is 5.14. The van der Waals surface area contributed by atoms with Crippen molar-refractivity contribution in [2.75, 3.05) is 31.6 Å². The molecule has 146 valence electrons. The molecule has 0 aliphatic carbocycles. The van der Waals surface area contributed by atoms with Crippen LogP contribution in [0.1, 0.15) is 39.3 Å². The monoisotopic (exact) mass is 381 g/mol. The van der Waals surface area contributed by atoms with Crippen molar-refractivity contribution in [3.05, 3.63) is 59.4 Å². The molecule has 0 atom stereocenters. The Morgan fingerprint density at radius 1 is 1.11 bits per heavy atom. The maximum Gasteiger partial charge on any atom is 0.274 e. The summed E-state index contributed by atoms with van der Waals surface area (Å²) < 4.78 is 11.4. The zero-order valence-corrected chi connectivity index (χ0v) is 15.8. The summed E-state index contributed by atoms with van der Waals surface area (Å²) in [5.41, 5.74) is 2.41. The van der Waals surface area contributed by atoms with Crippen LogP contribution >= 0.6 is 0 Å². The number of benzene rings is 1. The summed E-state index contributed by atoms with van der Waals surface area (Å²) in [7, 11) is 0. The van der Waals surface area contributed by atoms with E-state index >= 15 is 0 Å². The number of hydrogen-bond acceptors (Lipinski definition) is 5. The van der Waals surface area contributed by atoms with Crippen LogP contribution in [0.5, 0.6) is 0 Å². The topological polar surface area (TPSA) is 80.8 Å². The molecule has 0 bridgehead atoms. The van der Waals surface area contributed by atoms with Crippen LogP contribution in [0.25, 0.3) is 0 Å². The van der Waals surface area contributed by atoms with Crippen LogP contribution in [-0.2, 0) is 9.47 Å². The van der Waals surface area contributed by atoms with Crippen LogP contribution in [0.4, 0.5) is 5.69 Å². The van der Waals surface area contributed by atoms with E-state index in [1.807, 2.05) is 31.2 Å². The van der Waals surface area contributed by atoms with Crippen molar-refractivity contribution in [3.63, 3.8) is 0 Å². The highest BCUT2D eigenvalue weighted by molar-refractivity contribution is 6.04. The molecule has 1 aromatic heterocycles. The molecule has 7 nitrogen and oxygen atoms in total. The van der Waals surface area contributed by atoms with Crippen LogP contribution in [0, 0.1) is 6.92 Å². The van der Waals surface area contributed by atoms with Crippen molar-refractivity contribution in [3.8, 4) is 0 Å². The quantitative estimate of drug-likeness (QED) is 0.884. The molecular formula is C21H23N3O4. The van der Waals surface area contributed by atoms with Crippen LogP contribution in [0.15, 0.2) is 42.6 Å². The molecule has 28 heavy (non-hydrogen) atoms. The first kappa shape index (κ1) is 18.6. The fourth-order valence-corrected chi connectivity index (χ4v) is 3.62. The molecule has 3 heterocycles. The first-order valence-corrected chi connectivity index (χ1v) is 9.46. The third-order valence-electron chi connectivity index (χ3n) is 5.14. The standard InChI is InChI=1S/C21H23N3O4/c1-15-3-2-4-17(13-15)23-19(25)18-14-16(5-8-22-18)20(26)24-9-6-21(7-10-24)27-11-12-28-21/h2-5,8,13-14H,6-7,9-12H2,1H3,(H,23,25). The lowest BCUT2D eigenvalue weighted by atomic mass is 10.0. The predicted octanol–water partition coefficient (Wildman–Crippen LogP) is 2.62. The van der Waals surface area contributed by atoms with Gasteiger partial charge in [-0.15, -0.1) is 0 Å². The summed E-state index contributed by atoms with van der Waals surface area (Å²) in [6.45, 7) is 4.30. The van der Waals surface area contributed by atoms with Crippen molar-refractivity contribution in [2.24, 2.45) is 0 Å². The number of anilines is 1. The fourth-order valence-electron chi connectivity index (χ4n) is 3.62. The second-order valence-corrected chi connectivity index (χ2v) is 7.15. The predicted molar refractivity (Wildman–Crippen MR) is 103 cm³/mol. The lowest BCUT2D eigenvalue weighted by molar-refractivity contribution is -0.181. The highest BCUT2D eigenvalue weighted by Gasteiger charge is 2.40. The molecule has 2 aliphatic heterocycles. The molecule has 1 aromatic carbocycles. The molecule has 1 N–H and O–H groups in total. The first-order chi connectivity index (χ1) is 13.5. The lowest BCUT2D eigenvalue weighted by Crippen LogP contribution is -2.47. The summed E-state index contributed by atoms with van der Waals surface area (Å²) in [6, 6.07) is 10.7. The largest absolute Gasteiger partial charge is 0.347 e. The first-order valence-electron chi connectivity index (χ1n) is 9.46. The van der Waals surface area contributed by atoms with Crippen LogP contribution in [-0.4, -0.2) is 53.8 Å². The Morgan fingerprint density at radius 3 is 2.57 bits per heavy atom. The molecule has 2 saturated heterocycles. The van der Waals surface area contributed by atoms with Gasteiger partial charge in [0.25, 0.3) is 11.8 Å². The highest BCUT2D eigenvalue weighted by atomic mass is 16.7. The van der Waals surface area contributed by atoms with E-state index in [0.717, 1.165) is 5.56 Å². The molecule has 7 heteroatoms. The van der Waals surface area contributed by atoms with E-state index in [4.69, 9.17) is 9.47 Å². The van der Waals surface area contributed by atoms with Crippen molar-refractivity contribution in [1.29, 1.82) is 0 Å². The number of carbonyl (C=O) groups excluding carboxylic acids is 2. The number of nitrogens with one attached hydrogen (secondary N) is 1. The van der Waals surface area contributed by atoms with Gasteiger partial charge in [0.15, 0.2) is 5.79 Å². The minimum atomic E-state index is -0.520. The lowest BCUT2D eigenvalue weighted by Gasteiger charge is -2.37. The van der Waals surface area contributed by atoms with E-state index in [0.29, 0.717) is 50.4 Å². The molecule has 0 radical (unpaired) electrons. The van der Waals surface area contributed by atoms with Crippen molar-refractivity contribution >= 4 is 17.5 Å². The maximum absolute atomic E-state index is 12.9. The van der Waals surface area contributed by atoms with Gasteiger partial charge in [-0.2, -0.15) is 0 Å². The van der Waals surface area contributed by atoms with Crippen LogP contribution in [0.2, 0.25) is 0 Å². The van der Waals surface area contributed by atoms with Gasteiger partial charge in [-0.3, -0.25) is 14.6 Å². The summed E-state index contributed by atoms with van der Waals surface area (Å²) in [4.78, 5) is 31.3. The molecule has 2 amide bonds. The summed E-state index contributed by atoms with van der Waals surface area (Å²) >= 11 is 0. The van der Waals surface area contributed by atoms with Gasteiger partial charge in [0.1, 0.15) is 5.69 Å². The van der Waals surface area contributed by atoms with Crippen molar-refractivity contribution in [1.82, 2.24) is 9.88 Å². The van der Waals surface area contributed by atoms with E-state index in [1.165, 1.54) is 6.20 Å². The molecule has 1 spiro atoms. The van der Waals surface area contributed by atoms with Gasteiger partial charge in [0.05, 0.1) is 13.2 Å². The van der Waals surface area contributed by atoms with Gasteiger partial charge in [-0.25, -0.2) is 0 Å². The number of hydrogen-bond donors (Lipinski definition) is 1. The zero-order chi connectivity index (χ0) is 19.6. The molecule has 0 unspecified atom stereocenters. The van der Waals surface area contributed by atoms with Crippen molar-refractivity contribution < 1.29 is 19.1 Å². The third kappa shape index (κ3) is 3.90. The van der Waals surface area contributed by atoms with Gasteiger partial charge in [-0.1, -0.05) is 12.1 Å². The average molecular weight is 381 g/mol. The van der Waals surface area contributed by atoms with E-state index in [2.05, 4.69) is 10.3 Å². The number of ether oxygens (including phenoxy) is 2. The second-order valence-electron chi connectivity index (χ2n) is 7.15.